The van der Waals surface area contributed by atoms with E-state index in [2.05, 4.69) is 30.7 Å². The molecule has 0 bridgehead atoms. The van der Waals surface area contributed by atoms with Gasteiger partial charge in [-0.2, -0.15) is 0 Å². The Kier molecular flexibility index (Phi) is 8.86. The fraction of sp³-hybridized carbons (Fsp3) is 0.320. The molecule has 1 aliphatic carbocycles. The number of carbonyl (C=O) groups excluding carboxylic acids is 1. The standard InChI is InChI=1S/C25H27N6O7SSi/c1-35-15-6-3-7-16(36-2)19(15)14-11-17(21(32)29-24-31-30-23(39-24)28-18(27)8-10-26)38-22(33)20(14)37-13-5-4-9-25(34,40)12-13/h3,6-8,10-11,13,34H,4-5,9,12,26H2,1-2H3,(H2,27,28,30)(H,29,31,32)/b10-8-/t13-,25-/m0/s1. The predicted octanol–water partition coefficient (Wildman–Crippen LogP) is 2.07. The number of amidine groups is 1. The van der Waals surface area contributed by atoms with Gasteiger partial charge in [0, 0.05) is 12.0 Å². The number of nitrogens with zero attached hydrogens (tertiary/aromatic N) is 3. The van der Waals surface area contributed by atoms with E-state index in [1.165, 1.54) is 32.6 Å². The highest BCUT2D eigenvalue weighted by atomic mass is 32.1. The van der Waals surface area contributed by atoms with Crippen LogP contribution in [0.1, 0.15) is 36.2 Å². The Hall–Kier alpha value is -4.21. The Bertz CT molecular complexity index is 1480. The minimum Gasteiger partial charge on any atom is -0.496 e. The van der Waals surface area contributed by atoms with Gasteiger partial charge in [0.25, 0.3) is 5.91 Å². The molecule has 0 saturated heterocycles. The van der Waals surface area contributed by atoms with Gasteiger partial charge in [-0.1, -0.05) is 17.4 Å². The fourth-order valence-electron chi connectivity index (χ4n) is 4.19. The maximum Gasteiger partial charge on any atom is 0.379 e. The molecular formula is C25H27N6O7SSi. The Labute approximate surface area is 236 Å². The van der Waals surface area contributed by atoms with Crippen LogP contribution in [0.25, 0.3) is 11.1 Å². The molecule has 40 heavy (non-hydrogen) atoms. The van der Waals surface area contributed by atoms with Crippen LogP contribution in [-0.4, -0.2) is 62.8 Å². The number of rotatable bonds is 9. The lowest BCUT2D eigenvalue weighted by atomic mass is 9.94. The minimum absolute atomic E-state index is 0.0891. The maximum absolute atomic E-state index is 13.3. The number of carbonyl (C=O) groups is 1. The molecule has 3 radical (unpaired) electrons. The molecule has 15 heteroatoms. The molecule has 4 rings (SSSR count). The van der Waals surface area contributed by atoms with Gasteiger partial charge in [0.15, 0.2) is 5.76 Å². The van der Waals surface area contributed by atoms with E-state index in [0.29, 0.717) is 36.3 Å². The van der Waals surface area contributed by atoms with Crippen molar-refractivity contribution < 1.29 is 28.5 Å². The summed E-state index contributed by atoms with van der Waals surface area (Å²) in [6.07, 6.45) is 4.15. The van der Waals surface area contributed by atoms with Crippen molar-refractivity contribution in [1.29, 1.82) is 0 Å². The summed E-state index contributed by atoms with van der Waals surface area (Å²) in [4.78, 5) is 30.5. The monoisotopic (exact) mass is 583 g/mol. The second-order valence-corrected chi connectivity index (χ2v) is 10.7. The molecule has 0 unspecified atom stereocenters. The van der Waals surface area contributed by atoms with Gasteiger partial charge in [-0.05, 0) is 49.7 Å². The average molecular weight is 584 g/mol. The van der Waals surface area contributed by atoms with Crippen LogP contribution in [-0.2, 0) is 0 Å². The first-order chi connectivity index (χ1) is 19.1. The second-order valence-electron chi connectivity index (χ2n) is 8.79. The Balaban J connectivity index is 1.74. The maximum atomic E-state index is 13.3. The zero-order chi connectivity index (χ0) is 28.9. The third kappa shape index (κ3) is 6.67. The quantitative estimate of drug-likeness (QED) is 0.163. The van der Waals surface area contributed by atoms with Gasteiger partial charge in [0.1, 0.15) is 23.4 Å². The number of nitrogens with one attached hydrogen (secondary N) is 1. The molecule has 1 amide bonds. The van der Waals surface area contributed by atoms with Crippen molar-refractivity contribution in [2.75, 3.05) is 19.5 Å². The highest BCUT2D eigenvalue weighted by molar-refractivity contribution is 7.18. The predicted molar refractivity (Wildman–Crippen MR) is 150 cm³/mol. The number of aromatic nitrogens is 2. The van der Waals surface area contributed by atoms with Gasteiger partial charge in [0.05, 0.1) is 35.2 Å². The van der Waals surface area contributed by atoms with Crippen LogP contribution in [0.2, 0.25) is 0 Å². The van der Waals surface area contributed by atoms with E-state index in [9.17, 15) is 14.7 Å². The smallest absolute Gasteiger partial charge is 0.379 e. The van der Waals surface area contributed by atoms with Crippen LogP contribution in [0, 0.1) is 0 Å². The Morgan fingerprint density at radius 1 is 1.32 bits per heavy atom. The summed E-state index contributed by atoms with van der Waals surface area (Å²) in [5.41, 5.74) is 10.7. The molecule has 0 spiro atoms. The van der Waals surface area contributed by atoms with Crippen LogP contribution in [0.4, 0.5) is 10.3 Å². The SMILES string of the molecule is COc1cccc(OC)c1-c1cc(C(=O)Nc2nnc(/N=C(N)/C=C\N)s2)oc(=O)c1O[C@H]1CCC[C@](O)([Si])C1. The highest BCUT2D eigenvalue weighted by Crippen LogP contribution is 2.43. The number of aliphatic hydroxyl groups is 1. The molecule has 0 aliphatic heterocycles. The second kappa shape index (κ2) is 12.3. The largest absolute Gasteiger partial charge is 0.496 e. The number of anilines is 1. The van der Waals surface area contributed by atoms with Crippen molar-refractivity contribution in [1.82, 2.24) is 10.2 Å². The lowest BCUT2D eigenvalue weighted by Crippen LogP contribution is -2.40. The molecule has 2 aromatic heterocycles. The van der Waals surface area contributed by atoms with Gasteiger partial charge in [-0.15, -0.1) is 10.2 Å². The van der Waals surface area contributed by atoms with Crippen LogP contribution in [0.3, 0.4) is 0 Å². The van der Waals surface area contributed by atoms with Crippen LogP contribution in [0.15, 0.2) is 50.7 Å². The molecule has 209 valence electrons. The molecule has 2 atom stereocenters. The molecule has 2 heterocycles. The van der Waals surface area contributed by atoms with Gasteiger partial charge in [-0.3, -0.25) is 10.1 Å². The normalized spacial score (nSPS) is 19.4. The van der Waals surface area contributed by atoms with Gasteiger partial charge in [-0.25, -0.2) is 9.79 Å². The fourth-order valence-corrected chi connectivity index (χ4v) is 5.23. The zero-order valence-electron chi connectivity index (χ0n) is 21.7. The van der Waals surface area contributed by atoms with Crippen molar-refractivity contribution in [3.63, 3.8) is 0 Å². The number of hydrogen-bond acceptors (Lipinski definition) is 12. The molecule has 3 aromatic rings. The van der Waals surface area contributed by atoms with E-state index in [1.807, 2.05) is 0 Å². The average Bonchev–Trinajstić information content (AvgIpc) is 3.34. The summed E-state index contributed by atoms with van der Waals surface area (Å²) >= 11 is 0.944. The van der Waals surface area contributed by atoms with E-state index in [1.54, 1.807) is 18.2 Å². The third-order valence-electron chi connectivity index (χ3n) is 5.92. The first kappa shape index (κ1) is 28.8. The molecule has 1 aromatic carbocycles. The van der Waals surface area contributed by atoms with Crippen molar-refractivity contribution in [2.45, 2.75) is 37.0 Å². The van der Waals surface area contributed by atoms with E-state index >= 15 is 0 Å². The van der Waals surface area contributed by atoms with E-state index < -0.39 is 22.9 Å². The number of benzene rings is 1. The number of aliphatic imine (C=N–C) groups is 1. The first-order valence-corrected chi connectivity index (χ1v) is 13.4. The van der Waals surface area contributed by atoms with Crippen molar-refractivity contribution in [2.24, 2.45) is 16.5 Å². The van der Waals surface area contributed by atoms with Gasteiger partial charge < -0.3 is 35.2 Å². The number of ether oxygens (including phenoxy) is 3. The summed E-state index contributed by atoms with van der Waals surface area (Å²) in [6.45, 7) is 0. The van der Waals surface area contributed by atoms with Crippen molar-refractivity contribution in [3.8, 4) is 28.4 Å². The highest BCUT2D eigenvalue weighted by Gasteiger charge is 2.33. The van der Waals surface area contributed by atoms with Crippen LogP contribution >= 0.6 is 11.3 Å². The summed E-state index contributed by atoms with van der Waals surface area (Å²) in [5.74, 6) is -0.400. The summed E-state index contributed by atoms with van der Waals surface area (Å²) in [6, 6.07) is 6.45. The number of methoxy groups -OCH3 is 2. The zero-order valence-corrected chi connectivity index (χ0v) is 23.5. The summed E-state index contributed by atoms with van der Waals surface area (Å²) in [5, 5.41) is 19.9. The lowest BCUT2D eigenvalue weighted by Gasteiger charge is -2.34. The van der Waals surface area contributed by atoms with E-state index in [4.69, 9.17) is 30.1 Å². The molecule has 1 aliphatic rings. The van der Waals surface area contributed by atoms with Crippen molar-refractivity contribution in [3.05, 3.63) is 52.7 Å². The van der Waals surface area contributed by atoms with E-state index in [-0.39, 0.29) is 39.6 Å². The Morgan fingerprint density at radius 3 is 2.70 bits per heavy atom. The van der Waals surface area contributed by atoms with Crippen LogP contribution < -0.4 is 36.6 Å². The summed E-state index contributed by atoms with van der Waals surface area (Å²) in [7, 11) is 6.30. The minimum atomic E-state index is -1.12. The lowest BCUT2D eigenvalue weighted by molar-refractivity contribution is 0.0223. The van der Waals surface area contributed by atoms with Crippen molar-refractivity contribution >= 4 is 43.6 Å². The summed E-state index contributed by atoms with van der Waals surface area (Å²) < 4.78 is 22.6. The van der Waals surface area contributed by atoms with E-state index in [0.717, 1.165) is 11.3 Å². The number of amides is 1. The molecule has 13 nitrogen and oxygen atoms in total. The molecule has 1 fully saturated rings. The number of nitrogens with two attached hydrogens (primary N) is 2. The number of hydrogen-bond donors (Lipinski definition) is 4. The third-order valence-corrected chi connectivity index (χ3v) is 7.11. The van der Waals surface area contributed by atoms with Gasteiger partial charge in [0.2, 0.25) is 16.0 Å². The van der Waals surface area contributed by atoms with Gasteiger partial charge >= 0.3 is 5.63 Å². The molecular weight excluding hydrogens is 556 g/mol. The topological polar surface area (TPSA) is 197 Å². The Morgan fingerprint density at radius 2 is 2.05 bits per heavy atom. The first-order valence-electron chi connectivity index (χ1n) is 12.0. The van der Waals surface area contributed by atoms with Crippen LogP contribution in [0.5, 0.6) is 17.2 Å². The molecule has 6 N–H and O–H groups in total. The molecule has 1 saturated carbocycles.